The van der Waals surface area contributed by atoms with E-state index in [2.05, 4.69) is 10.2 Å². The highest BCUT2D eigenvalue weighted by Crippen LogP contribution is 2.17. The Hall–Kier alpha value is -1.92. The molecule has 2 aliphatic heterocycles. The highest BCUT2D eigenvalue weighted by atomic mass is 16.5. The third-order valence-corrected chi connectivity index (χ3v) is 4.58. The van der Waals surface area contributed by atoms with Crippen molar-refractivity contribution in [2.24, 2.45) is 0 Å². The molecule has 0 bridgehead atoms. The molecule has 2 saturated heterocycles. The lowest BCUT2D eigenvalue weighted by Gasteiger charge is -2.35. The first-order valence-electron chi connectivity index (χ1n) is 8.63. The topological polar surface area (TPSA) is 61.9 Å². The van der Waals surface area contributed by atoms with Crippen molar-refractivity contribution in [1.29, 1.82) is 0 Å². The summed E-state index contributed by atoms with van der Waals surface area (Å²) in [6.07, 6.45) is 2.67. The molecule has 1 N–H and O–H groups in total. The Labute approximate surface area is 142 Å². The van der Waals surface area contributed by atoms with E-state index in [0.717, 1.165) is 52.2 Å². The number of hydrogen-bond donors (Lipinski definition) is 1. The van der Waals surface area contributed by atoms with Gasteiger partial charge in [-0.05, 0) is 31.0 Å². The number of ether oxygens (including phenoxy) is 1. The number of amides is 2. The molecule has 0 aliphatic carbocycles. The minimum atomic E-state index is -0.137. The smallest absolute Gasteiger partial charge is 0.254 e. The van der Waals surface area contributed by atoms with E-state index in [-0.39, 0.29) is 11.8 Å². The maximum atomic E-state index is 12.7. The summed E-state index contributed by atoms with van der Waals surface area (Å²) in [5.41, 5.74) is 1.28. The van der Waals surface area contributed by atoms with E-state index in [4.69, 9.17) is 4.74 Å². The fraction of sp³-hybridized carbons (Fsp3) is 0.556. The van der Waals surface area contributed by atoms with E-state index < -0.39 is 0 Å². The van der Waals surface area contributed by atoms with Gasteiger partial charge in [0.15, 0.2) is 0 Å². The second kappa shape index (κ2) is 7.77. The van der Waals surface area contributed by atoms with Crippen molar-refractivity contribution in [3.05, 3.63) is 29.8 Å². The van der Waals surface area contributed by atoms with Crippen LogP contribution < -0.4 is 5.32 Å². The van der Waals surface area contributed by atoms with Crippen molar-refractivity contribution in [1.82, 2.24) is 9.80 Å². The Kier molecular flexibility index (Phi) is 5.48. The highest BCUT2D eigenvalue weighted by Gasteiger charge is 2.25. The summed E-state index contributed by atoms with van der Waals surface area (Å²) >= 11 is 0. The SMILES string of the molecule is CC(=O)Nc1cccc(C(=O)N2CCN(CC3CCCO3)CC2)c1. The first kappa shape index (κ1) is 16.9. The van der Waals surface area contributed by atoms with E-state index in [0.29, 0.717) is 17.4 Å². The Bertz CT molecular complexity index is 591. The lowest BCUT2D eigenvalue weighted by atomic mass is 10.1. The molecule has 1 unspecified atom stereocenters. The van der Waals surface area contributed by atoms with Crippen molar-refractivity contribution < 1.29 is 14.3 Å². The average molecular weight is 331 g/mol. The van der Waals surface area contributed by atoms with E-state index in [9.17, 15) is 9.59 Å². The average Bonchev–Trinajstić information content (AvgIpc) is 3.07. The minimum Gasteiger partial charge on any atom is -0.377 e. The van der Waals surface area contributed by atoms with Crippen LogP contribution in [0.25, 0.3) is 0 Å². The molecule has 0 saturated carbocycles. The first-order chi connectivity index (χ1) is 11.6. The quantitative estimate of drug-likeness (QED) is 0.910. The number of benzene rings is 1. The molecular formula is C18H25N3O3. The lowest BCUT2D eigenvalue weighted by Crippen LogP contribution is -2.50. The van der Waals surface area contributed by atoms with Crippen LogP contribution >= 0.6 is 0 Å². The summed E-state index contributed by atoms with van der Waals surface area (Å²) in [6.45, 7) is 6.55. The summed E-state index contributed by atoms with van der Waals surface area (Å²) < 4.78 is 5.69. The van der Waals surface area contributed by atoms with Crippen molar-refractivity contribution in [3.63, 3.8) is 0 Å². The largest absolute Gasteiger partial charge is 0.377 e. The lowest BCUT2D eigenvalue weighted by molar-refractivity contribution is -0.114. The van der Waals surface area contributed by atoms with Crippen molar-refractivity contribution in [3.8, 4) is 0 Å². The van der Waals surface area contributed by atoms with Crippen molar-refractivity contribution in [2.45, 2.75) is 25.9 Å². The molecular weight excluding hydrogens is 306 g/mol. The highest BCUT2D eigenvalue weighted by molar-refractivity contribution is 5.96. The van der Waals surface area contributed by atoms with Crippen molar-refractivity contribution in [2.75, 3.05) is 44.6 Å². The van der Waals surface area contributed by atoms with Gasteiger partial charge < -0.3 is 15.0 Å². The molecule has 0 spiro atoms. The number of anilines is 1. The van der Waals surface area contributed by atoms with Crippen LogP contribution in [0.1, 0.15) is 30.1 Å². The number of hydrogen-bond acceptors (Lipinski definition) is 4. The van der Waals surface area contributed by atoms with Gasteiger partial charge in [0, 0.05) is 57.5 Å². The van der Waals surface area contributed by atoms with E-state index in [1.165, 1.54) is 6.92 Å². The number of rotatable bonds is 4. The predicted octanol–water partition coefficient (Wildman–Crippen LogP) is 1.58. The van der Waals surface area contributed by atoms with Gasteiger partial charge in [0.05, 0.1) is 6.10 Å². The van der Waals surface area contributed by atoms with Crippen LogP contribution in [0.5, 0.6) is 0 Å². The van der Waals surface area contributed by atoms with Crippen LogP contribution in [0.2, 0.25) is 0 Å². The van der Waals surface area contributed by atoms with E-state index in [1.54, 1.807) is 24.3 Å². The molecule has 130 valence electrons. The first-order valence-corrected chi connectivity index (χ1v) is 8.63. The number of nitrogens with one attached hydrogen (secondary N) is 1. The second-order valence-electron chi connectivity index (χ2n) is 6.49. The third-order valence-electron chi connectivity index (χ3n) is 4.58. The van der Waals surface area contributed by atoms with Gasteiger partial charge in [-0.2, -0.15) is 0 Å². The van der Waals surface area contributed by atoms with Crippen molar-refractivity contribution >= 4 is 17.5 Å². The number of piperazine rings is 1. The molecule has 2 fully saturated rings. The molecule has 24 heavy (non-hydrogen) atoms. The van der Waals surface area contributed by atoms with Crippen LogP contribution in [0, 0.1) is 0 Å². The summed E-state index contributed by atoms with van der Waals surface area (Å²) in [5, 5.41) is 2.72. The van der Waals surface area contributed by atoms with E-state index in [1.807, 2.05) is 4.90 Å². The molecule has 1 atom stereocenters. The number of carbonyl (C=O) groups excluding carboxylic acids is 2. The Morgan fingerprint density at radius 3 is 2.71 bits per heavy atom. The van der Waals surface area contributed by atoms with Gasteiger partial charge in [0.1, 0.15) is 0 Å². The summed E-state index contributed by atoms with van der Waals surface area (Å²) in [7, 11) is 0. The molecule has 6 nitrogen and oxygen atoms in total. The maximum absolute atomic E-state index is 12.7. The zero-order chi connectivity index (χ0) is 16.9. The van der Waals surface area contributed by atoms with Gasteiger partial charge in [-0.25, -0.2) is 0 Å². The normalized spacial score (nSPS) is 21.7. The summed E-state index contributed by atoms with van der Waals surface area (Å²) in [4.78, 5) is 28.1. The van der Waals surface area contributed by atoms with Gasteiger partial charge in [-0.3, -0.25) is 14.5 Å². The van der Waals surface area contributed by atoms with Crippen LogP contribution in [0.4, 0.5) is 5.69 Å². The number of carbonyl (C=O) groups is 2. The fourth-order valence-corrected chi connectivity index (χ4v) is 3.33. The van der Waals surface area contributed by atoms with Gasteiger partial charge in [-0.1, -0.05) is 6.07 Å². The molecule has 1 aromatic rings. The molecule has 2 amide bonds. The van der Waals surface area contributed by atoms with Crippen LogP contribution in [-0.2, 0) is 9.53 Å². The standard InChI is InChI=1S/C18H25N3O3/c1-14(22)19-16-5-2-4-15(12-16)18(23)21-9-7-20(8-10-21)13-17-6-3-11-24-17/h2,4-5,12,17H,3,6-11,13H2,1H3,(H,19,22). The van der Waals surface area contributed by atoms with Crippen LogP contribution in [0.15, 0.2) is 24.3 Å². The zero-order valence-corrected chi connectivity index (χ0v) is 14.2. The maximum Gasteiger partial charge on any atom is 0.254 e. The van der Waals surface area contributed by atoms with Gasteiger partial charge in [-0.15, -0.1) is 0 Å². The predicted molar refractivity (Wildman–Crippen MR) is 92.1 cm³/mol. The third kappa shape index (κ3) is 4.33. The second-order valence-corrected chi connectivity index (χ2v) is 6.49. The van der Waals surface area contributed by atoms with Gasteiger partial charge in [0.25, 0.3) is 5.91 Å². The molecule has 1 aromatic carbocycles. The van der Waals surface area contributed by atoms with Gasteiger partial charge in [0.2, 0.25) is 5.91 Å². The minimum absolute atomic E-state index is 0.0268. The summed E-state index contributed by atoms with van der Waals surface area (Å²) in [5.74, 6) is -0.110. The molecule has 2 aliphatic rings. The van der Waals surface area contributed by atoms with Crippen LogP contribution in [0.3, 0.4) is 0 Å². The Morgan fingerprint density at radius 2 is 2.04 bits per heavy atom. The van der Waals surface area contributed by atoms with Gasteiger partial charge >= 0.3 is 0 Å². The molecule has 6 heteroatoms. The van der Waals surface area contributed by atoms with Crippen LogP contribution in [-0.4, -0.2) is 67.0 Å². The monoisotopic (exact) mass is 331 g/mol. The Morgan fingerprint density at radius 1 is 1.25 bits per heavy atom. The summed E-state index contributed by atoms with van der Waals surface area (Å²) in [6, 6.07) is 7.12. The Balaban J connectivity index is 1.53. The molecule has 0 radical (unpaired) electrons. The molecule has 3 rings (SSSR count). The zero-order valence-electron chi connectivity index (χ0n) is 14.2. The molecule has 0 aromatic heterocycles. The fourth-order valence-electron chi connectivity index (χ4n) is 3.33. The van der Waals surface area contributed by atoms with E-state index >= 15 is 0 Å². The molecule has 2 heterocycles. The number of nitrogens with zero attached hydrogens (tertiary/aromatic N) is 2.